The normalized spacial score (nSPS) is 15.8. The molecule has 0 atom stereocenters. The average molecular weight is 509 g/mol. The molecule has 0 saturated carbocycles. The maximum Gasteiger partial charge on any atom is 0.213 e. The number of aliphatic imine (C=N–C) groups is 1. The highest BCUT2D eigenvalue weighted by Gasteiger charge is 2.11. The smallest absolute Gasteiger partial charge is 0.213 e. The van der Waals surface area contributed by atoms with Crippen LogP contribution in [-0.2, 0) is 16.6 Å². The topological polar surface area (TPSA) is 85.8 Å². The number of likely N-dealkylation sites (tertiary alicyclic amines) is 1. The predicted molar refractivity (Wildman–Crippen MR) is 122 cm³/mol. The minimum absolute atomic E-state index is 0. The van der Waals surface area contributed by atoms with Gasteiger partial charge in [0.1, 0.15) is 0 Å². The Hall–Kier alpha value is -0.910. The molecule has 9 heteroatoms. The number of sulfonamides is 1. The lowest BCUT2D eigenvalue weighted by Gasteiger charge is -2.26. The van der Waals surface area contributed by atoms with E-state index in [2.05, 4.69) is 25.2 Å². The maximum atomic E-state index is 12.1. The van der Waals surface area contributed by atoms with Crippen molar-refractivity contribution < 1.29 is 8.42 Å². The van der Waals surface area contributed by atoms with Crippen molar-refractivity contribution in [3.8, 4) is 0 Å². The van der Waals surface area contributed by atoms with E-state index < -0.39 is 10.0 Å². The van der Waals surface area contributed by atoms with Gasteiger partial charge in [-0.2, -0.15) is 0 Å². The Labute approximate surface area is 180 Å². The van der Waals surface area contributed by atoms with Crippen molar-refractivity contribution in [3.05, 3.63) is 35.9 Å². The summed E-state index contributed by atoms with van der Waals surface area (Å²) in [5.41, 5.74) is 0.944. The first kappa shape index (κ1) is 24.1. The number of rotatable bonds is 9. The average Bonchev–Trinajstić information content (AvgIpc) is 2.67. The summed E-state index contributed by atoms with van der Waals surface area (Å²) in [6.07, 6.45) is 3.89. The van der Waals surface area contributed by atoms with Crippen LogP contribution in [0, 0.1) is 0 Å². The zero-order valence-electron chi connectivity index (χ0n) is 16.0. The molecular formula is C18H32IN5O2S. The highest BCUT2D eigenvalue weighted by atomic mass is 127. The molecular weight excluding hydrogens is 477 g/mol. The lowest BCUT2D eigenvalue weighted by molar-refractivity contribution is 0.232. The van der Waals surface area contributed by atoms with E-state index in [4.69, 9.17) is 0 Å². The van der Waals surface area contributed by atoms with Crippen molar-refractivity contribution in [2.24, 2.45) is 4.99 Å². The van der Waals surface area contributed by atoms with Gasteiger partial charge in [0.15, 0.2) is 5.96 Å². The summed E-state index contributed by atoms with van der Waals surface area (Å²) in [6.45, 7) is 4.74. The van der Waals surface area contributed by atoms with E-state index in [1.54, 1.807) is 7.05 Å². The van der Waals surface area contributed by atoms with Gasteiger partial charge in [-0.1, -0.05) is 36.8 Å². The quantitative estimate of drug-likeness (QED) is 0.266. The first-order valence-electron chi connectivity index (χ1n) is 9.27. The second-order valence-corrected chi connectivity index (χ2v) is 8.38. The largest absolute Gasteiger partial charge is 0.355 e. The summed E-state index contributed by atoms with van der Waals surface area (Å²) in [7, 11) is -1.63. The molecule has 1 fully saturated rings. The van der Waals surface area contributed by atoms with E-state index in [-0.39, 0.29) is 29.7 Å². The molecule has 2 rings (SSSR count). The number of guanidine groups is 1. The molecule has 1 aliphatic heterocycles. The van der Waals surface area contributed by atoms with Crippen LogP contribution < -0.4 is 15.4 Å². The number of benzene rings is 1. The van der Waals surface area contributed by atoms with Gasteiger partial charge in [-0.3, -0.25) is 4.99 Å². The molecule has 1 saturated heterocycles. The van der Waals surface area contributed by atoms with Crippen LogP contribution in [0.2, 0.25) is 0 Å². The van der Waals surface area contributed by atoms with Crippen LogP contribution in [0.1, 0.15) is 24.8 Å². The third-order valence-electron chi connectivity index (χ3n) is 4.40. The fourth-order valence-corrected chi connectivity index (χ4v) is 3.80. The van der Waals surface area contributed by atoms with Gasteiger partial charge in [0, 0.05) is 33.2 Å². The Balaban J connectivity index is 0.00000364. The highest BCUT2D eigenvalue weighted by Crippen LogP contribution is 2.07. The SMILES string of the molecule is CN=C(NCCN1CCCCC1)NCCS(=O)(=O)NCc1ccccc1.I. The Kier molecular flexibility index (Phi) is 11.9. The van der Waals surface area contributed by atoms with E-state index in [0.717, 1.165) is 18.7 Å². The zero-order valence-corrected chi connectivity index (χ0v) is 19.1. The Bertz CT molecular complexity index is 649. The summed E-state index contributed by atoms with van der Waals surface area (Å²) >= 11 is 0. The summed E-state index contributed by atoms with van der Waals surface area (Å²) in [5.74, 6) is 0.646. The molecule has 154 valence electrons. The molecule has 3 N–H and O–H groups in total. The number of hydrogen-bond acceptors (Lipinski definition) is 4. The molecule has 0 unspecified atom stereocenters. The number of nitrogens with zero attached hydrogens (tertiary/aromatic N) is 2. The molecule has 1 aromatic rings. The standard InChI is InChI=1S/C18H31N5O2S.HI/c1-19-18(20-10-14-23-12-6-3-7-13-23)21-11-15-26(24,25)22-16-17-8-4-2-5-9-17;/h2,4-5,8-9,22H,3,6-7,10-16H2,1H3,(H2,19,20,21);1H. The van der Waals surface area contributed by atoms with Crippen LogP contribution in [0.15, 0.2) is 35.3 Å². The van der Waals surface area contributed by atoms with E-state index >= 15 is 0 Å². The van der Waals surface area contributed by atoms with E-state index in [0.29, 0.717) is 19.0 Å². The van der Waals surface area contributed by atoms with Crippen molar-refractivity contribution in [1.29, 1.82) is 0 Å². The molecule has 0 aromatic heterocycles. The van der Waals surface area contributed by atoms with Crippen molar-refractivity contribution >= 4 is 40.0 Å². The van der Waals surface area contributed by atoms with E-state index in [9.17, 15) is 8.42 Å². The number of hydrogen-bond donors (Lipinski definition) is 3. The lowest BCUT2D eigenvalue weighted by Crippen LogP contribution is -2.44. The van der Waals surface area contributed by atoms with Gasteiger partial charge in [-0.05, 0) is 31.5 Å². The molecule has 1 heterocycles. The second kappa shape index (κ2) is 13.3. The Morgan fingerprint density at radius 2 is 1.74 bits per heavy atom. The van der Waals surface area contributed by atoms with Gasteiger partial charge in [-0.15, -0.1) is 24.0 Å². The molecule has 0 aliphatic carbocycles. The van der Waals surface area contributed by atoms with Crippen molar-refractivity contribution in [1.82, 2.24) is 20.3 Å². The highest BCUT2D eigenvalue weighted by molar-refractivity contribution is 14.0. The molecule has 7 nitrogen and oxygen atoms in total. The van der Waals surface area contributed by atoms with Crippen LogP contribution in [0.4, 0.5) is 0 Å². The van der Waals surface area contributed by atoms with Gasteiger partial charge >= 0.3 is 0 Å². The van der Waals surface area contributed by atoms with E-state index in [1.165, 1.54) is 32.4 Å². The van der Waals surface area contributed by atoms with Gasteiger partial charge in [0.25, 0.3) is 0 Å². The molecule has 0 spiro atoms. The summed E-state index contributed by atoms with van der Waals surface area (Å²) in [6, 6.07) is 9.49. The van der Waals surface area contributed by atoms with E-state index in [1.807, 2.05) is 30.3 Å². The van der Waals surface area contributed by atoms with Crippen LogP contribution in [0.5, 0.6) is 0 Å². The molecule has 1 aliphatic rings. The predicted octanol–water partition coefficient (Wildman–Crippen LogP) is 1.37. The molecule has 1 aromatic carbocycles. The van der Waals surface area contributed by atoms with Crippen molar-refractivity contribution in [2.45, 2.75) is 25.8 Å². The zero-order chi connectivity index (χ0) is 18.7. The third kappa shape index (κ3) is 10.3. The third-order valence-corrected chi connectivity index (χ3v) is 5.72. The van der Waals surface area contributed by atoms with Gasteiger partial charge in [-0.25, -0.2) is 13.1 Å². The van der Waals surface area contributed by atoms with Gasteiger partial charge in [0.05, 0.1) is 5.75 Å². The lowest BCUT2D eigenvalue weighted by atomic mass is 10.1. The fraction of sp³-hybridized carbons (Fsp3) is 0.611. The Morgan fingerprint density at radius 1 is 1.07 bits per heavy atom. The minimum atomic E-state index is -3.32. The van der Waals surface area contributed by atoms with Crippen LogP contribution in [-0.4, -0.2) is 64.8 Å². The monoisotopic (exact) mass is 509 g/mol. The number of nitrogens with one attached hydrogen (secondary N) is 3. The summed E-state index contributed by atoms with van der Waals surface area (Å²) in [5, 5.41) is 6.31. The summed E-state index contributed by atoms with van der Waals surface area (Å²) < 4.78 is 26.8. The first-order valence-corrected chi connectivity index (χ1v) is 10.9. The fourth-order valence-electron chi connectivity index (χ4n) is 2.90. The maximum absolute atomic E-state index is 12.1. The molecule has 27 heavy (non-hydrogen) atoms. The van der Waals surface area contributed by atoms with Crippen LogP contribution >= 0.6 is 24.0 Å². The number of piperidine rings is 1. The summed E-state index contributed by atoms with van der Waals surface area (Å²) in [4.78, 5) is 6.59. The molecule has 0 bridgehead atoms. The van der Waals surface area contributed by atoms with Gasteiger partial charge < -0.3 is 15.5 Å². The molecule has 0 radical (unpaired) electrons. The second-order valence-electron chi connectivity index (χ2n) is 6.45. The minimum Gasteiger partial charge on any atom is -0.355 e. The Morgan fingerprint density at radius 3 is 2.41 bits per heavy atom. The van der Waals surface area contributed by atoms with Gasteiger partial charge in [0.2, 0.25) is 10.0 Å². The number of halogens is 1. The molecule has 0 amide bonds. The van der Waals surface area contributed by atoms with Crippen LogP contribution in [0.25, 0.3) is 0 Å². The van der Waals surface area contributed by atoms with Crippen LogP contribution in [0.3, 0.4) is 0 Å². The van der Waals surface area contributed by atoms with Crippen molar-refractivity contribution in [2.75, 3.05) is 45.5 Å². The van der Waals surface area contributed by atoms with Crippen molar-refractivity contribution in [3.63, 3.8) is 0 Å². The first-order chi connectivity index (χ1) is 12.6.